The number of fused-ring (bicyclic) bond motifs is 1. The van der Waals surface area contributed by atoms with Gasteiger partial charge in [0.15, 0.2) is 0 Å². The summed E-state index contributed by atoms with van der Waals surface area (Å²) >= 11 is 0. The van der Waals surface area contributed by atoms with Crippen LogP contribution in [0, 0.1) is 0 Å². The second kappa shape index (κ2) is 12.8. The Labute approximate surface area is 242 Å². The van der Waals surface area contributed by atoms with Crippen LogP contribution in [0.25, 0.3) is 10.9 Å². The average molecular weight is 569 g/mol. The molecular formula is C31H44N4O6. The summed E-state index contributed by atoms with van der Waals surface area (Å²) in [7, 11) is 1.59. The highest BCUT2D eigenvalue weighted by molar-refractivity contribution is 5.91. The number of benzene rings is 2. The molecule has 10 heteroatoms. The quantitative estimate of drug-likeness (QED) is 0.290. The van der Waals surface area contributed by atoms with Crippen molar-refractivity contribution in [3.8, 4) is 5.75 Å². The molecule has 3 aromatic rings. The summed E-state index contributed by atoms with van der Waals surface area (Å²) in [6, 6.07) is 12.9. The third kappa shape index (κ3) is 8.85. The molecule has 1 aromatic heterocycles. The number of nitrogen functional groups attached to an aromatic ring is 1. The van der Waals surface area contributed by atoms with Gasteiger partial charge < -0.3 is 29.6 Å². The number of aromatic nitrogens is 2. The lowest BCUT2D eigenvalue weighted by Crippen LogP contribution is -2.41. The van der Waals surface area contributed by atoms with Gasteiger partial charge in [0, 0.05) is 24.2 Å². The van der Waals surface area contributed by atoms with Gasteiger partial charge in [0.25, 0.3) is 0 Å². The fraction of sp³-hybridized carbons (Fsp3) is 0.516. The van der Waals surface area contributed by atoms with Gasteiger partial charge in [-0.1, -0.05) is 26.0 Å². The van der Waals surface area contributed by atoms with Crippen molar-refractivity contribution in [2.24, 2.45) is 0 Å². The van der Waals surface area contributed by atoms with Crippen molar-refractivity contribution in [2.75, 3.05) is 32.5 Å². The van der Waals surface area contributed by atoms with Crippen molar-refractivity contribution in [1.29, 1.82) is 0 Å². The summed E-state index contributed by atoms with van der Waals surface area (Å²) in [4.78, 5) is 27.6. The van der Waals surface area contributed by atoms with Gasteiger partial charge in [-0.25, -0.2) is 9.59 Å². The maximum absolute atomic E-state index is 13.1. The zero-order valence-electron chi connectivity index (χ0n) is 25.7. The lowest BCUT2D eigenvalue weighted by molar-refractivity contribution is 0.00509. The van der Waals surface area contributed by atoms with Crippen LogP contribution in [0.1, 0.15) is 78.7 Å². The molecule has 0 radical (unpaired) electrons. The first-order valence-corrected chi connectivity index (χ1v) is 13.8. The van der Waals surface area contributed by atoms with Crippen LogP contribution in [0.5, 0.6) is 5.75 Å². The molecule has 1 amide bonds. The van der Waals surface area contributed by atoms with E-state index in [0.29, 0.717) is 17.0 Å². The lowest BCUT2D eigenvalue weighted by atomic mass is 10.1. The van der Waals surface area contributed by atoms with Crippen molar-refractivity contribution in [2.45, 2.75) is 78.6 Å². The SMILES string of the molecule is CO[C@@H](CN(CCOc1ccc2c(C(C)C)nn(C(=O)OC(C)(C)C)c2c1)C(=O)OC(C)(C)C)c1cccc(N)c1. The van der Waals surface area contributed by atoms with E-state index in [1.807, 2.05) is 85.7 Å². The van der Waals surface area contributed by atoms with Crippen LogP contribution in [0.15, 0.2) is 42.5 Å². The molecule has 3 rings (SSSR count). The van der Waals surface area contributed by atoms with Gasteiger partial charge in [0.05, 0.1) is 30.4 Å². The monoisotopic (exact) mass is 568 g/mol. The summed E-state index contributed by atoms with van der Waals surface area (Å²) in [5.41, 5.74) is 7.47. The minimum atomic E-state index is -0.671. The number of rotatable bonds is 9. The minimum absolute atomic E-state index is 0.101. The first-order chi connectivity index (χ1) is 19.1. The molecule has 0 aliphatic heterocycles. The highest BCUT2D eigenvalue weighted by Gasteiger charge is 2.26. The normalized spacial score (nSPS) is 12.8. The van der Waals surface area contributed by atoms with Gasteiger partial charge in [-0.2, -0.15) is 9.78 Å². The predicted octanol–water partition coefficient (Wildman–Crippen LogP) is 6.53. The van der Waals surface area contributed by atoms with E-state index in [1.54, 1.807) is 24.1 Å². The molecule has 0 aliphatic rings. The number of hydrogen-bond donors (Lipinski definition) is 1. The first kappa shape index (κ1) is 31.7. The van der Waals surface area contributed by atoms with Crippen molar-refractivity contribution in [3.05, 3.63) is 53.7 Å². The smallest absolute Gasteiger partial charge is 0.435 e. The van der Waals surface area contributed by atoms with E-state index in [1.165, 1.54) is 4.68 Å². The number of nitrogens with two attached hydrogens (primary N) is 1. The molecule has 0 saturated heterocycles. The van der Waals surface area contributed by atoms with E-state index in [9.17, 15) is 9.59 Å². The van der Waals surface area contributed by atoms with Gasteiger partial charge in [0.1, 0.15) is 23.6 Å². The van der Waals surface area contributed by atoms with Gasteiger partial charge >= 0.3 is 12.2 Å². The lowest BCUT2D eigenvalue weighted by Gasteiger charge is -2.30. The Morgan fingerprint density at radius 2 is 1.68 bits per heavy atom. The van der Waals surface area contributed by atoms with E-state index in [4.69, 9.17) is 24.7 Å². The van der Waals surface area contributed by atoms with Crippen LogP contribution >= 0.6 is 0 Å². The Bertz CT molecular complexity index is 1350. The van der Waals surface area contributed by atoms with E-state index < -0.39 is 29.5 Å². The van der Waals surface area contributed by atoms with Crippen molar-refractivity contribution in [1.82, 2.24) is 14.7 Å². The molecule has 41 heavy (non-hydrogen) atoms. The van der Waals surface area contributed by atoms with Gasteiger partial charge in [-0.05, 0) is 77.3 Å². The van der Waals surface area contributed by atoms with Crippen molar-refractivity contribution in [3.63, 3.8) is 0 Å². The molecule has 0 unspecified atom stereocenters. The molecule has 0 bridgehead atoms. The molecule has 1 atom stereocenters. The fourth-order valence-corrected chi connectivity index (χ4v) is 4.21. The molecule has 0 aliphatic carbocycles. The number of amides is 1. The number of ether oxygens (including phenoxy) is 4. The zero-order valence-corrected chi connectivity index (χ0v) is 25.7. The third-order valence-electron chi connectivity index (χ3n) is 6.03. The molecule has 224 valence electrons. The largest absolute Gasteiger partial charge is 0.492 e. The summed E-state index contributed by atoms with van der Waals surface area (Å²) in [5, 5.41) is 5.40. The molecule has 2 aromatic carbocycles. The Kier molecular flexibility index (Phi) is 9.91. The number of nitrogens with zero attached hydrogens (tertiary/aromatic N) is 3. The van der Waals surface area contributed by atoms with Crippen LogP contribution in [0.4, 0.5) is 15.3 Å². The molecule has 1 heterocycles. The van der Waals surface area contributed by atoms with E-state index >= 15 is 0 Å². The Morgan fingerprint density at radius 1 is 1.00 bits per heavy atom. The van der Waals surface area contributed by atoms with Crippen LogP contribution in [0.2, 0.25) is 0 Å². The first-order valence-electron chi connectivity index (χ1n) is 13.8. The summed E-state index contributed by atoms with van der Waals surface area (Å²) in [5.74, 6) is 0.629. The Balaban J connectivity index is 1.82. The summed E-state index contributed by atoms with van der Waals surface area (Å²) in [6.07, 6.45) is -1.46. The minimum Gasteiger partial charge on any atom is -0.492 e. The third-order valence-corrected chi connectivity index (χ3v) is 6.03. The Hall–Kier alpha value is -3.79. The summed E-state index contributed by atoms with van der Waals surface area (Å²) < 4.78 is 24.3. The number of methoxy groups -OCH3 is 1. The molecular weight excluding hydrogens is 524 g/mol. The van der Waals surface area contributed by atoms with E-state index in [2.05, 4.69) is 5.10 Å². The highest BCUT2D eigenvalue weighted by atomic mass is 16.6. The van der Waals surface area contributed by atoms with Gasteiger partial charge in [-0.3, -0.25) is 0 Å². The standard InChI is InChI=1S/C31H44N4O6/c1-20(2)27-24-14-13-23(18-25(24)35(33-27)29(37)41-31(6,7)8)39-16-15-34(28(36)40-30(3,4)5)19-26(38-9)21-11-10-12-22(32)17-21/h10-14,17-18,20,26H,15-16,19,32H2,1-9H3/t26-/m0/s1. The highest BCUT2D eigenvalue weighted by Crippen LogP contribution is 2.29. The average Bonchev–Trinajstić information content (AvgIpc) is 3.23. The van der Waals surface area contributed by atoms with Crippen LogP contribution in [-0.4, -0.2) is 64.9 Å². The van der Waals surface area contributed by atoms with Crippen LogP contribution in [0.3, 0.4) is 0 Å². The molecule has 0 saturated carbocycles. The zero-order chi connectivity index (χ0) is 30.5. The molecule has 2 N–H and O–H groups in total. The van der Waals surface area contributed by atoms with Crippen molar-refractivity contribution < 1.29 is 28.5 Å². The summed E-state index contributed by atoms with van der Waals surface area (Å²) in [6.45, 7) is 15.6. The number of anilines is 1. The molecule has 0 fully saturated rings. The number of carbonyl (C=O) groups is 2. The van der Waals surface area contributed by atoms with Crippen molar-refractivity contribution >= 4 is 28.8 Å². The second-order valence-electron chi connectivity index (χ2n) is 12.3. The van der Waals surface area contributed by atoms with Crippen LogP contribution < -0.4 is 10.5 Å². The topological polar surface area (TPSA) is 118 Å². The fourth-order valence-electron chi connectivity index (χ4n) is 4.21. The molecule has 10 nitrogen and oxygen atoms in total. The van der Waals surface area contributed by atoms with Gasteiger partial charge in [0.2, 0.25) is 0 Å². The molecule has 0 spiro atoms. The van der Waals surface area contributed by atoms with E-state index in [-0.39, 0.29) is 25.6 Å². The Morgan fingerprint density at radius 3 is 2.27 bits per heavy atom. The second-order valence-corrected chi connectivity index (χ2v) is 12.3. The number of carbonyl (C=O) groups excluding carboxylic acids is 2. The maximum Gasteiger partial charge on any atom is 0.435 e. The van der Waals surface area contributed by atoms with Gasteiger partial charge in [-0.15, -0.1) is 0 Å². The maximum atomic E-state index is 13.1. The van der Waals surface area contributed by atoms with E-state index in [0.717, 1.165) is 16.6 Å². The van der Waals surface area contributed by atoms with Crippen LogP contribution in [-0.2, 0) is 14.2 Å². The predicted molar refractivity (Wildman–Crippen MR) is 159 cm³/mol. The number of hydrogen-bond acceptors (Lipinski definition) is 8.